The van der Waals surface area contributed by atoms with E-state index >= 15 is 0 Å². The van der Waals surface area contributed by atoms with Crippen molar-refractivity contribution in [3.05, 3.63) is 26.3 Å². The van der Waals surface area contributed by atoms with Gasteiger partial charge in [-0.1, -0.05) is 0 Å². The van der Waals surface area contributed by atoms with Crippen molar-refractivity contribution in [2.75, 3.05) is 0 Å². The first-order valence-corrected chi connectivity index (χ1v) is 2.28. The molecule has 0 aliphatic carbocycles. The van der Waals surface area contributed by atoms with Gasteiger partial charge in [-0.2, -0.15) is 4.89 Å². The van der Waals surface area contributed by atoms with Crippen molar-refractivity contribution < 1.29 is 9.46 Å². The van der Waals surface area contributed by atoms with Crippen LogP contribution in [0.25, 0.3) is 0 Å². The largest absolute Gasteiger partial charge is 0.491 e. The van der Waals surface area contributed by atoms with Crippen LogP contribution >= 0.6 is 8.69 Å². The average Bonchev–Trinajstić information content (AvgIpc) is 1.78. The molecule has 0 saturated heterocycles. The minimum atomic E-state index is -1.17. The maximum Gasteiger partial charge on any atom is 0.491 e. The Balaban J connectivity index is -0.0000000360. The van der Waals surface area contributed by atoms with Crippen LogP contribution < -0.4 is 0 Å². The summed E-state index contributed by atoms with van der Waals surface area (Å²) in [6, 6.07) is 0. The summed E-state index contributed by atoms with van der Waals surface area (Å²) < 4.78 is 8.51. The molecule has 0 heterocycles. The molecule has 0 aromatic heterocycles. The van der Waals surface area contributed by atoms with Crippen LogP contribution in [-0.2, 0) is 4.57 Å². The average molecular weight is 121 g/mol. The quantitative estimate of drug-likeness (QED) is 0.389. The minimum absolute atomic E-state index is 1.17. The second-order valence-corrected chi connectivity index (χ2v) is 0.274. The third-order valence-corrected chi connectivity index (χ3v) is 0. The van der Waals surface area contributed by atoms with Crippen molar-refractivity contribution in [1.29, 1.82) is 0 Å². The predicted octanol–water partition coefficient (Wildman–Crippen LogP) is 1.52. The summed E-state index contributed by atoms with van der Waals surface area (Å²) in [6.07, 6.45) is 0. The third-order valence-electron chi connectivity index (χ3n) is 0. The van der Waals surface area contributed by atoms with Gasteiger partial charge in [0.2, 0.25) is 0 Å². The van der Waals surface area contributed by atoms with E-state index in [9.17, 15) is 0 Å². The van der Waals surface area contributed by atoms with E-state index < -0.39 is 8.69 Å². The third kappa shape index (κ3) is 328. The Morgan fingerprint density at radius 2 is 1.14 bits per heavy atom. The van der Waals surface area contributed by atoms with Gasteiger partial charge in [0, 0.05) is 0 Å². The van der Waals surface area contributed by atoms with Crippen LogP contribution in [-0.4, -0.2) is 4.89 Å². The van der Waals surface area contributed by atoms with Crippen LogP contribution in [0.4, 0.5) is 0 Å². The lowest BCUT2D eigenvalue weighted by molar-refractivity contribution is 0.524. The van der Waals surface area contributed by atoms with Gasteiger partial charge < -0.3 is 0 Å². The van der Waals surface area contributed by atoms with Crippen LogP contribution in [0.5, 0.6) is 0 Å². The minimum Gasteiger partial charge on any atom is -0.162 e. The van der Waals surface area contributed by atoms with Gasteiger partial charge in [0.25, 0.3) is 0 Å². The molecule has 0 radical (unpaired) electrons. The molecular weight excluding hydrogens is 111 g/mol. The standard InChI is InChI=1S/2C2H4.HO2P/c2*1-2;1-3-2/h2*1-2H2;3H/p+1. The molecule has 0 fully saturated rings. The first-order valence-electron chi connectivity index (χ1n) is 1.43. The SMILES string of the molecule is C=C.C=C.O=[PH+]O. The smallest absolute Gasteiger partial charge is 0.162 e. The molecule has 0 rings (SSSR count). The molecule has 1 atom stereocenters. The summed E-state index contributed by atoms with van der Waals surface area (Å²) >= 11 is 0. The summed E-state index contributed by atoms with van der Waals surface area (Å²) in [7, 11) is -1.17. The van der Waals surface area contributed by atoms with E-state index in [-0.39, 0.29) is 0 Å². The highest BCUT2D eigenvalue weighted by Gasteiger charge is 1.45. The first kappa shape index (κ1) is 16.0. The fourth-order valence-electron chi connectivity index (χ4n) is 0. The van der Waals surface area contributed by atoms with E-state index in [0.717, 1.165) is 0 Å². The van der Waals surface area contributed by atoms with Gasteiger partial charge in [-0.25, -0.2) is 0 Å². The Kier molecular flexibility index (Phi) is 896. The van der Waals surface area contributed by atoms with Gasteiger partial charge >= 0.3 is 8.69 Å². The summed E-state index contributed by atoms with van der Waals surface area (Å²) in [5.41, 5.74) is 0. The topological polar surface area (TPSA) is 37.3 Å². The summed E-state index contributed by atoms with van der Waals surface area (Å²) in [5, 5.41) is 0. The van der Waals surface area contributed by atoms with E-state index in [2.05, 4.69) is 26.3 Å². The maximum absolute atomic E-state index is 8.51. The molecular formula is C4H10O2P+. The zero-order valence-corrected chi connectivity index (χ0v) is 5.18. The number of hydrogen-bond donors (Lipinski definition) is 1. The molecule has 0 spiro atoms. The van der Waals surface area contributed by atoms with Gasteiger partial charge in [0.05, 0.1) is 0 Å². The molecule has 0 aliphatic heterocycles. The van der Waals surface area contributed by atoms with Crippen molar-refractivity contribution in [2.45, 2.75) is 0 Å². The van der Waals surface area contributed by atoms with E-state index in [1.54, 1.807) is 0 Å². The Hall–Kier alpha value is -0.460. The molecule has 0 saturated carbocycles. The second-order valence-electron chi connectivity index (χ2n) is 0.0913. The molecule has 1 N–H and O–H groups in total. The monoisotopic (exact) mass is 121 g/mol. The van der Waals surface area contributed by atoms with Crippen molar-refractivity contribution in [1.82, 2.24) is 0 Å². The van der Waals surface area contributed by atoms with Crippen molar-refractivity contribution in [2.24, 2.45) is 0 Å². The molecule has 7 heavy (non-hydrogen) atoms. The van der Waals surface area contributed by atoms with E-state index in [1.807, 2.05) is 0 Å². The van der Waals surface area contributed by atoms with E-state index in [4.69, 9.17) is 9.46 Å². The van der Waals surface area contributed by atoms with Crippen LogP contribution in [0.15, 0.2) is 26.3 Å². The Bertz CT molecular complexity index is 28.9. The molecule has 1 unspecified atom stereocenters. The highest BCUT2D eigenvalue weighted by atomic mass is 31.1. The van der Waals surface area contributed by atoms with Crippen LogP contribution in [0.2, 0.25) is 0 Å². The highest BCUT2D eigenvalue weighted by molar-refractivity contribution is 7.16. The van der Waals surface area contributed by atoms with Gasteiger partial charge in [-0.05, 0) is 4.57 Å². The van der Waals surface area contributed by atoms with Gasteiger partial charge in [-0.15, -0.1) is 26.3 Å². The van der Waals surface area contributed by atoms with E-state index in [0.29, 0.717) is 0 Å². The van der Waals surface area contributed by atoms with E-state index in [1.165, 1.54) is 0 Å². The van der Waals surface area contributed by atoms with Crippen molar-refractivity contribution >= 4 is 8.69 Å². The summed E-state index contributed by atoms with van der Waals surface area (Å²) in [5.74, 6) is 0. The Labute approximate surface area is 45.5 Å². The zero-order valence-electron chi connectivity index (χ0n) is 4.18. The van der Waals surface area contributed by atoms with Crippen molar-refractivity contribution in [3.63, 3.8) is 0 Å². The molecule has 42 valence electrons. The highest BCUT2D eigenvalue weighted by Crippen LogP contribution is 1.66. The van der Waals surface area contributed by atoms with Gasteiger partial charge in [0.15, 0.2) is 0 Å². The lowest BCUT2D eigenvalue weighted by Crippen LogP contribution is -1.03. The molecule has 0 aromatic carbocycles. The van der Waals surface area contributed by atoms with Crippen LogP contribution in [0, 0.1) is 0 Å². The Morgan fingerprint density at radius 3 is 1.14 bits per heavy atom. The molecule has 0 aliphatic rings. The fraction of sp³-hybridized carbons (Fsp3) is 0. The summed E-state index contributed by atoms with van der Waals surface area (Å²) in [4.78, 5) is 7.04. The van der Waals surface area contributed by atoms with Crippen LogP contribution in [0.1, 0.15) is 0 Å². The van der Waals surface area contributed by atoms with Gasteiger partial charge in [0.1, 0.15) is 0 Å². The molecule has 3 heteroatoms. The number of rotatable bonds is 0. The zero-order chi connectivity index (χ0) is 6.71. The molecule has 0 bridgehead atoms. The lowest BCUT2D eigenvalue weighted by Gasteiger charge is -1.08. The normalized spacial score (nSPS) is 4.14. The summed E-state index contributed by atoms with van der Waals surface area (Å²) in [6.45, 7) is 12.0. The fourth-order valence-corrected chi connectivity index (χ4v) is 0. The first-order chi connectivity index (χ1) is 3.41. The van der Waals surface area contributed by atoms with Gasteiger partial charge in [-0.3, -0.25) is 0 Å². The van der Waals surface area contributed by atoms with Crippen molar-refractivity contribution in [3.8, 4) is 0 Å². The molecule has 0 amide bonds. The maximum atomic E-state index is 8.51. The van der Waals surface area contributed by atoms with Crippen LogP contribution in [0.3, 0.4) is 0 Å². The predicted molar refractivity (Wildman–Crippen MR) is 33.7 cm³/mol. The lowest BCUT2D eigenvalue weighted by atomic mass is 11.3. The second kappa shape index (κ2) is 392. The Morgan fingerprint density at radius 1 is 1.14 bits per heavy atom. The number of hydrogen-bond acceptors (Lipinski definition) is 1. The molecule has 2 nitrogen and oxygen atoms in total. The molecule has 0 aromatic rings.